The van der Waals surface area contributed by atoms with Crippen LogP contribution in [0.3, 0.4) is 0 Å². The van der Waals surface area contributed by atoms with Crippen LogP contribution in [0.15, 0.2) is 11.8 Å². The highest BCUT2D eigenvalue weighted by Gasteiger charge is 2.52. The average Bonchev–Trinajstić information content (AvgIpc) is 2.88. The van der Waals surface area contributed by atoms with Gasteiger partial charge in [-0.15, -0.1) is 0 Å². The standard InChI is InChI=1S/C22H35N3O14/c1-7(29)24-9-3-10(11(4-26)35-20(9)34)36-22-15(25-8(2)30)18(33)19(13(6-28)38-22)39-21-14(23)17(32)16(31)12(5-27)37-21/h3,10-19,21-22,26-28,31-33H,4-6,23H2,1-2H3,(H,24,29)(H,25,30)/t10-,11+,12+,13+,14+,15+,16+,17+,18+,19+,21-,22?/m0/s1. The van der Waals surface area contributed by atoms with Gasteiger partial charge in [0.05, 0.1) is 25.9 Å². The van der Waals surface area contributed by atoms with E-state index in [4.69, 9.17) is 29.4 Å². The SMILES string of the molecule is CC(=O)NC1=C[C@H](OC2O[C@H](CO)[C@@H](O[C@@H]3O[C@H](CO)[C@@H](O)[C@H](O)[C@H]3N)[C@H](O)[C@H]2NC(C)=O)[C@@H](CO)OC1=O. The molecule has 17 nitrogen and oxygen atoms in total. The Morgan fingerprint density at radius 2 is 1.51 bits per heavy atom. The summed E-state index contributed by atoms with van der Waals surface area (Å²) in [6, 6.07) is -2.70. The second-order valence-corrected chi connectivity index (χ2v) is 9.32. The van der Waals surface area contributed by atoms with E-state index in [1.54, 1.807) is 0 Å². The van der Waals surface area contributed by atoms with Gasteiger partial charge in [0.25, 0.3) is 0 Å². The number of hydrogen-bond acceptors (Lipinski definition) is 15. The number of aliphatic hydroxyl groups is 6. The second kappa shape index (κ2) is 13.4. The van der Waals surface area contributed by atoms with Gasteiger partial charge in [-0.25, -0.2) is 4.79 Å². The van der Waals surface area contributed by atoms with Crippen molar-refractivity contribution in [1.82, 2.24) is 10.6 Å². The summed E-state index contributed by atoms with van der Waals surface area (Å²) in [5.41, 5.74) is 5.64. The number of rotatable bonds is 9. The quantitative estimate of drug-likeness (QED) is 0.118. The molecule has 0 spiro atoms. The molecule has 3 aliphatic rings. The molecule has 3 aliphatic heterocycles. The van der Waals surface area contributed by atoms with Crippen molar-refractivity contribution in [1.29, 1.82) is 0 Å². The summed E-state index contributed by atoms with van der Waals surface area (Å²) >= 11 is 0. The maximum Gasteiger partial charge on any atom is 0.355 e. The van der Waals surface area contributed by atoms with Gasteiger partial charge in [-0.2, -0.15) is 0 Å². The van der Waals surface area contributed by atoms with E-state index >= 15 is 0 Å². The normalized spacial score (nSPS) is 40.8. The van der Waals surface area contributed by atoms with Crippen LogP contribution >= 0.6 is 0 Å². The van der Waals surface area contributed by atoms with Gasteiger partial charge in [0, 0.05) is 13.8 Å². The fourth-order valence-electron chi connectivity index (χ4n) is 4.43. The van der Waals surface area contributed by atoms with Gasteiger partial charge in [-0.05, 0) is 6.08 Å². The first-order chi connectivity index (χ1) is 18.4. The van der Waals surface area contributed by atoms with Crippen LogP contribution in [0.25, 0.3) is 0 Å². The monoisotopic (exact) mass is 565 g/mol. The molecule has 2 amide bonds. The van der Waals surface area contributed by atoms with Crippen molar-refractivity contribution in [2.24, 2.45) is 5.73 Å². The average molecular weight is 566 g/mol. The highest BCUT2D eigenvalue weighted by atomic mass is 16.7. The van der Waals surface area contributed by atoms with Gasteiger partial charge in [-0.1, -0.05) is 0 Å². The Morgan fingerprint density at radius 3 is 2.08 bits per heavy atom. The topological polar surface area (TPSA) is 269 Å². The second-order valence-electron chi connectivity index (χ2n) is 9.32. The minimum Gasteiger partial charge on any atom is -0.452 e. The summed E-state index contributed by atoms with van der Waals surface area (Å²) in [4.78, 5) is 35.5. The van der Waals surface area contributed by atoms with E-state index in [2.05, 4.69) is 10.6 Å². The van der Waals surface area contributed by atoms with Crippen molar-refractivity contribution < 1.29 is 68.7 Å². The molecule has 222 valence electrons. The molecular weight excluding hydrogens is 530 g/mol. The molecular formula is C22H35N3O14. The first-order valence-electron chi connectivity index (χ1n) is 12.1. The van der Waals surface area contributed by atoms with Crippen molar-refractivity contribution in [2.75, 3.05) is 19.8 Å². The highest BCUT2D eigenvalue weighted by molar-refractivity contribution is 5.94. The zero-order valence-corrected chi connectivity index (χ0v) is 21.2. The van der Waals surface area contributed by atoms with Crippen molar-refractivity contribution in [3.63, 3.8) is 0 Å². The number of nitrogens with one attached hydrogen (secondary N) is 2. The van der Waals surface area contributed by atoms with Crippen molar-refractivity contribution in [3.05, 3.63) is 11.8 Å². The van der Waals surface area contributed by atoms with Crippen molar-refractivity contribution in [3.8, 4) is 0 Å². The van der Waals surface area contributed by atoms with E-state index in [1.165, 1.54) is 6.08 Å². The molecule has 3 rings (SSSR count). The zero-order valence-electron chi connectivity index (χ0n) is 21.2. The van der Waals surface area contributed by atoms with Gasteiger partial charge in [-0.3, -0.25) is 9.59 Å². The van der Waals surface area contributed by atoms with Gasteiger partial charge >= 0.3 is 5.97 Å². The Balaban J connectivity index is 1.85. The lowest BCUT2D eigenvalue weighted by Crippen LogP contribution is -2.69. The number of esters is 1. The van der Waals surface area contributed by atoms with Crippen LogP contribution < -0.4 is 16.4 Å². The van der Waals surface area contributed by atoms with E-state index in [0.29, 0.717) is 0 Å². The summed E-state index contributed by atoms with van der Waals surface area (Å²) in [6.07, 6.45) is -13.1. The van der Waals surface area contributed by atoms with Crippen molar-refractivity contribution >= 4 is 17.8 Å². The van der Waals surface area contributed by atoms with Crippen LogP contribution in [0, 0.1) is 0 Å². The van der Waals surface area contributed by atoms with Crippen LogP contribution in [0.4, 0.5) is 0 Å². The van der Waals surface area contributed by atoms with Gasteiger partial charge < -0.3 is 70.7 Å². The molecule has 0 aliphatic carbocycles. The van der Waals surface area contributed by atoms with E-state index in [9.17, 15) is 45.0 Å². The Hall–Kier alpha value is -2.29. The third-order valence-electron chi connectivity index (χ3n) is 6.40. The van der Waals surface area contributed by atoms with E-state index < -0.39 is 111 Å². The molecule has 17 heteroatoms. The Bertz CT molecular complexity index is 918. The largest absolute Gasteiger partial charge is 0.452 e. The lowest BCUT2D eigenvalue weighted by atomic mass is 9.95. The summed E-state index contributed by atoms with van der Waals surface area (Å²) < 4.78 is 27.9. The number of ether oxygens (including phenoxy) is 5. The van der Waals surface area contributed by atoms with Crippen LogP contribution in [0.1, 0.15) is 13.8 Å². The fraction of sp³-hybridized carbons (Fsp3) is 0.773. The Kier molecular flexibility index (Phi) is 10.7. The smallest absolute Gasteiger partial charge is 0.355 e. The molecule has 1 unspecified atom stereocenters. The molecule has 2 fully saturated rings. The molecule has 0 saturated carbocycles. The van der Waals surface area contributed by atoms with Gasteiger partial charge in [0.2, 0.25) is 11.8 Å². The maximum atomic E-state index is 12.1. The number of hydrogen-bond donors (Lipinski definition) is 9. The fourth-order valence-corrected chi connectivity index (χ4v) is 4.43. The Morgan fingerprint density at radius 1 is 0.897 bits per heavy atom. The predicted molar refractivity (Wildman–Crippen MR) is 124 cm³/mol. The number of amides is 2. The minimum atomic E-state index is -1.66. The molecule has 0 aromatic carbocycles. The lowest BCUT2D eigenvalue weighted by molar-refractivity contribution is -0.335. The van der Waals surface area contributed by atoms with E-state index in [0.717, 1.165) is 13.8 Å². The summed E-state index contributed by atoms with van der Waals surface area (Å²) in [5, 5.41) is 65.3. The van der Waals surface area contributed by atoms with Crippen LogP contribution in [-0.2, 0) is 38.1 Å². The highest BCUT2D eigenvalue weighted by Crippen LogP contribution is 2.30. The molecule has 0 radical (unpaired) electrons. The number of carbonyl (C=O) groups excluding carboxylic acids is 3. The number of cyclic esters (lactones) is 1. The van der Waals surface area contributed by atoms with E-state index in [-0.39, 0.29) is 5.70 Å². The molecule has 2 saturated heterocycles. The van der Waals surface area contributed by atoms with Crippen molar-refractivity contribution in [2.45, 2.75) is 87.3 Å². The summed E-state index contributed by atoms with van der Waals surface area (Å²) in [7, 11) is 0. The molecule has 0 aromatic heterocycles. The lowest BCUT2D eigenvalue weighted by Gasteiger charge is -2.48. The molecule has 10 N–H and O–H groups in total. The van der Waals surface area contributed by atoms with Crippen LogP contribution in [-0.4, -0.2) is 142 Å². The maximum absolute atomic E-state index is 12.1. The predicted octanol–water partition coefficient (Wildman–Crippen LogP) is -5.96. The zero-order chi connectivity index (χ0) is 29.0. The Labute approximate surface area is 222 Å². The first kappa shape index (κ1) is 31.2. The third kappa shape index (κ3) is 7.08. The number of nitrogens with two attached hydrogens (primary N) is 1. The third-order valence-corrected chi connectivity index (χ3v) is 6.40. The molecule has 0 aromatic rings. The summed E-state index contributed by atoms with van der Waals surface area (Å²) in [5.74, 6) is -2.12. The number of aliphatic hydroxyl groups excluding tert-OH is 6. The van der Waals surface area contributed by atoms with E-state index in [1.807, 2.05) is 0 Å². The number of carbonyl (C=O) groups is 3. The molecule has 39 heavy (non-hydrogen) atoms. The molecule has 3 heterocycles. The van der Waals surface area contributed by atoms with Crippen LogP contribution in [0.5, 0.6) is 0 Å². The van der Waals surface area contributed by atoms with Crippen LogP contribution in [0.2, 0.25) is 0 Å². The van der Waals surface area contributed by atoms with Gasteiger partial charge in [0.1, 0.15) is 54.5 Å². The molecule has 0 bridgehead atoms. The summed E-state index contributed by atoms with van der Waals surface area (Å²) in [6.45, 7) is 0.184. The molecule has 12 atom stereocenters. The minimum absolute atomic E-state index is 0.271. The first-order valence-corrected chi connectivity index (χ1v) is 12.1. The van der Waals surface area contributed by atoms with Gasteiger partial charge in [0.15, 0.2) is 18.7 Å².